The van der Waals surface area contributed by atoms with E-state index in [0.29, 0.717) is 18.6 Å². The third kappa shape index (κ3) is 7.65. The van der Waals surface area contributed by atoms with Gasteiger partial charge in [-0.25, -0.2) is 9.78 Å². The Hall–Kier alpha value is -3.70. The number of rotatable bonds is 10. The number of nitrogens with one attached hydrogen (secondary N) is 1. The third-order valence-corrected chi connectivity index (χ3v) is 6.03. The van der Waals surface area contributed by atoms with Crippen molar-refractivity contribution in [3.63, 3.8) is 0 Å². The van der Waals surface area contributed by atoms with Crippen LogP contribution in [0.15, 0.2) is 42.6 Å². The Balaban J connectivity index is 1.77. The van der Waals surface area contributed by atoms with Gasteiger partial charge < -0.3 is 33.7 Å². The lowest BCUT2D eigenvalue weighted by Crippen LogP contribution is -2.46. The van der Waals surface area contributed by atoms with Gasteiger partial charge in [-0.05, 0) is 38.3 Å². The Morgan fingerprint density at radius 1 is 1.11 bits per heavy atom. The van der Waals surface area contributed by atoms with Gasteiger partial charge >= 0.3 is 11.9 Å². The fourth-order valence-corrected chi connectivity index (χ4v) is 4.14. The lowest BCUT2D eigenvalue weighted by molar-refractivity contribution is -0.160. The van der Waals surface area contributed by atoms with Gasteiger partial charge in [0.25, 0.3) is 5.91 Å². The van der Waals surface area contributed by atoms with Gasteiger partial charge in [0.05, 0.1) is 20.1 Å². The first-order valence-corrected chi connectivity index (χ1v) is 12.4. The number of benzene rings is 1. The molecule has 1 fully saturated rings. The van der Waals surface area contributed by atoms with E-state index in [0.717, 1.165) is 0 Å². The molecule has 11 nitrogen and oxygen atoms in total. The van der Waals surface area contributed by atoms with Crippen LogP contribution < -0.4 is 19.5 Å². The van der Waals surface area contributed by atoms with E-state index in [2.05, 4.69) is 10.3 Å². The fourth-order valence-electron chi connectivity index (χ4n) is 4.14. The molecule has 2 aromatic rings. The predicted octanol–water partition coefficient (Wildman–Crippen LogP) is 2.71. The zero-order valence-corrected chi connectivity index (χ0v) is 22.0. The molecular weight excluding hydrogens is 496 g/mol. The molecule has 0 bridgehead atoms. The molecule has 0 spiro atoms. The Labute approximate surface area is 221 Å². The number of carbonyl (C=O) groups is 3. The lowest BCUT2D eigenvalue weighted by atomic mass is 10.0. The Kier molecular flexibility index (Phi) is 10.9. The molecule has 4 unspecified atom stereocenters. The molecule has 0 aliphatic carbocycles. The third-order valence-electron chi connectivity index (χ3n) is 6.03. The van der Waals surface area contributed by atoms with Crippen molar-refractivity contribution in [3.8, 4) is 17.2 Å². The second-order valence-corrected chi connectivity index (χ2v) is 8.68. The molecule has 1 aliphatic heterocycles. The van der Waals surface area contributed by atoms with Crippen molar-refractivity contribution in [2.45, 2.75) is 57.0 Å². The number of cyclic esters (lactones) is 1. The normalized spacial score (nSPS) is 21.7. The molecule has 2 heterocycles. The van der Waals surface area contributed by atoms with E-state index < -0.39 is 36.1 Å². The van der Waals surface area contributed by atoms with Gasteiger partial charge in [-0.2, -0.15) is 0 Å². The van der Waals surface area contributed by atoms with Crippen LogP contribution in [-0.4, -0.2) is 75.1 Å². The topological polar surface area (TPSA) is 132 Å². The van der Waals surface area contributed by atoms with Crippen molar-refractivity contribution in [2.24, 2.45) is 0 Å². The summed E-state index contributed by atoms with van der Waals surface area (Å²) >= 11 is 0. The van der Waals surface area contributed by atoms with Gasteiger partial charge in [-0.1, -0.05) is 18.2 Å². The first-order chi connectivity index (χ1) is 18.4. The second kappa shape index (κ2) is 14.3. The van der Waals surface area contributed by atoms with E-state index in [9.17, 15) is 14.4 Å². The van der Waals surface area contributed by atoms with Gasteiger partial charge in [-0.15, -0.1) is 0 Å². The maximum atomic E-state index is 13.2. The highest BCUT2D eigenvalue weighted by molar-refractivity contribution is 5.98. The molecule has 4 atom stereocenters. The average Bonchev–Trinajstić information content (AvgIpc) is 2.96. The van der Waals surface area contributed by atoms with E-state index in [1.165, 1.54) is 33.6 Å². The molecule has 1 saturated heterocycles. The molecule has 1 aromatic heterocycles. The molecule has 1 amide bonds. The van der Waals surface area contributed by atoms with Gasteiger partial charge in [0, 0.05) is 26.5 Å². The summed E-state index contributed by atoms with van der Waals surface area (Å²) in [5.74, 6) is -1.28. The van der Waals surface area contributed by atoms with Crippen molar-refractivity contribution >= 4 is 17.8 Å². The summed E-state index contributed by atoms with van der Waals surface area (Å²) in [7, 11) is 4.37. The number of para-hydroxylation sites is 1. The van der Waals surface area contributed by atoms with Crippen molar-refractivity contribution < 1.29 is 42.8 Å². The Morgan fingerprint density at radius 2 is 1.87 bits per heavy atom. The van der Waals surface area contributed by atoms with E-state index >= 15 is 0 Å². The number of esters is 2. The van der Waals surface area contributed by atoms with E-state index in [4.69, 9.17) is 28.4 Å². The molecule has 38 heavy (non-hydrogen) atoms. The van der Waals surface area contributed by atoms with E-state index in [-0.39, 0.29) is 42.7 Å². The van der Waals surface area contributed by atoms with Crippen LogP contribution in [0.25, 0.3) is 0 Å². The van der Waals surface area contributed by atoms with Gasteiger partial charge in [-0.3, -0.25) is 9.59 Å². The minimum absolute atomic E-state index is 0.0324. The van der Waals surface area contributed by atoms with Crippen molar-refractivity contribution in [2.75, 3.05) is 27.9 Å². The highest BCUT2D eigenvalue weighted by Crippen LogP contribution is 2.30. The summed E-state index contributed by atoms with van der Waals surface area (Å²) in [4.78, 5) is 42.6. The maximum absolute atomic E-state index is 13.2. The molecule has 11 heteroatoms. The van der Waals surface area contributed by atoms with Crippen molar-refractivity contribution in [3.05, 3.63) is 48.3 Å². The Bertz CT molecular complexity index is 1080. The van der Waals surface area contributed by atoms with Crippen molar-refractivity contribution in [1.29, 1.82) is 0 Å². The van der Waals surface area contributed by atoms with Crippen LogP contribution in [0, 0.1) is 0 Å². The Morgan fingerprint density at radius 3 is 2.55 bits per heavy atom. The van der Waals surface area contributed by atoms with Gasteiger partial charge in [0.15, 0.2) is 11.4 Å². The van der Waals surface area contributed by atoms with Crippen LogP contribution in [0.3, 0.4) is 0 Å². The SMILES string of the molecule is COCCC(=O)Oc1c(OC)ccnc1C(=O)NC1CCCC(Oc2ccccc2)C(OC)C(C)OC1=O. The minimum atomic E-state index is -0.969. The highest BCUT2D eigenvalue weighted by Gasteiger charge is 2.36. The second-order valence-electron chi connectivity index (χ2n) is 8.68. The molecular formula is C27H34N2O9. The van der Waals surface area contributed by atoms with Crippen LogP contribution >= 0.6 is 0 Å². The number of ether oxygens (including phenoxy) is 6. The van der Waals surface area contributed by atoms with Crippen molar-refractivity contribution in [1.82, 2.24) is 10.3 Å². The summed E-state index contributed by atoms with van der Waals surface area (Å²) in [5, 5.41) is 2.68. The molecule has 3 rings (SSSR count). The summed E-state index contributed by atoms with van der Waals surface area (Å²) in [6.07, 6.45) is 1.15. The minimum Gasteiger partial charge on any atom is -0.493 e. The molecule has 0 radical (unpaired) electrons. The zero-order chi connectivity index (χ0) is 27.5. The first-order valence-electron chi connectivity index (χ1n) is 12.4. The lowest BCUT2D eigenvalue weighted by Gasteiger charge is -2.30. The molecule has 0 saturated carbocycles. The monoisotopic (exact) mass is 530 g/mol. The standard InChI is InChI=1S/C27H34N2O9/c1-17-24(35-4)21(37-18-9-6-5-7-10-18)12-8-11-19(27(32)36-17)29-26(31)23-25(20(34-3)13-15-28-23)38-22(30)14-16-33-2/h5-7,9-10,13,15,17,19,21,24H,8,11-12,14,16H2,1-4H3,(H,29,31). The molecule has 1 aliphatic rings. The first kappa shape index (κ1) is 28.9. The van der Waals surface area contributed by atoms with Gasteiger partial charge in [0.2, 0.25) is 5.75 Å². The van der Waals surface area contributed by atoms with Crippen LogP contribution in [-0.2, 0) is 23.8 Å². The summed E-state index contributed by atoms with van der Waals surface area (Å²) in [6.45, 7) is 1.87. The van der Waals surface area contributed by atoms with E-state index in [1.54, 1.807) is 6.92 Å². The fraction of sp³-hybridized carbons (Fsp3) is 0.481. The van der Waals surface area contributed by atoms with Gasteiger partial charge in [0.1, 0.15) is 30.1 Å². The number of hydrogen-bond acceptors (Lipinski definition) is 10. The van der Waals surface area contributed by atoms with Crippen LogP contribution in [0.4, 0.5) is 0 Å². The maximum Gasteiger partial charge on any atom is 0.329 e. The predicted molar refractivity (Wildman–Crippen MR) is 135 cm³/mol. The number of carbonyl (C=O) groups excluding carboxylic acids is 3. The summed E-state index contributed by atoms with van der Waals surface area (Å²) in [5.41, 5.74) is -0.198. The summed E-state index contributed by atoms with van der Waals surface area (Å²) < 4.78 is 33.0. The number of pyridine rings is 1. The van der Waals surface area contributed by atoms with E-state index in [1.807, 2.05) is 30.3 Å². The van der Waals surface area contributed by atoms with Crippen LogP contribution in [0.2, 0.25) is 0 Å². The number of nitrogens with zero attached hydrogens (tertiary/aromatic N) is 1. The van der Waals surface area contributed by atoms with Crippen LogP contribution in [0.5, 0.6) is 17.2 Å². The number of methoxy groups -OCH3 is 3. The number of amides is 1. The zero-order valence-electron chi connectivity index (χ0n) is 22.0. The molecule has 206 valence electrons. The number of hydrogen-bond donors (Lipinski definition) is 1. The quantitative estimate of drug-likeness (QED) is 0.457. The molecule has 1 aromatic carbocycles. The number of aromatic nitrogens is 1. The largest absolute Gasteiger partial charge is 0.493 e. The van der Waals surface area contributed by atoms with Crippen LogP contribution in [0.1, 0.15) is 43.1 Å². The highest BCUT2D eigenvalue weighted by atomic mass is 16.6. The summed E-state index contributed by atoms with van der Waals surface area (Å²) in [6, 6.07) is 9.82. The smallest absolute Gasteiger partial charge is 0.329 e. The molecule has 1 N–H and O–H groups in total. The average molecular weight is 531 g/mol.